The molecule has 0 saturated carbocycles. The molecule has 1 aromatic carbocycles. The zero-order chi connectivity index (χ0) is 15.8. The van der Waals surface area contributed by atoms with Gasteiger partial charge in [-0.3, -0.25) is 9.59 Å². The Hall–Kier alpha value is -1.84. The van der Waals surface area contributed by atoms with E-state index in [4.69, 9.17) is 0 Å². The van der Waals surface area contributed by atoms with E-state index < -0.39 is 0 Å². The van der Waals surface area contributed by atoms with Crippen LogP contribution >= 0.6 is 0 Å². The lowest BCUT2D eigenvalue weighted by Crippen LogP contribution is -2.41. The van der Waals surface area contributed by atoms with E-state index in [1.54, 1.807) is 11.9 Å². The van der Waals surface area contributed by atoms with Gasteiger partial charge in [-0.1, -0.05) is 29.8 Å². The molecule has 0 spiro atoms. The van der Waals surface area contributed by atoms with Crippen molar-refractivity contribution in [1.29, 1.82) is 0 Å². The van der Waals surface area contributed by atoms with E-state index in [1.807, 2.05) is 39.0 Å². The minimum Gasteiger partial charge on any atom is -0.342 e. The van der Waals surface area contributed by atoms with Crippen LogP contribution in [0.25, 0.3) is 0 Å². The summed E-state index contributed by atoms with van der Waals surface area (Å²) >= 11 is 0. The fourth-order valence-corrected chi connectivity index (χ4v) is 2.28. The van der Waals surface area contributed by atoms with Gasteiger partial charge >= 0.3 is 0 Å². The van der Waals surface area contributed by atoms with Crippen molar-refractivity contribution in [1.82, 2.24) is 9.80 Å². The Morgan fingerprint density at radius 2 is 1.76 bits per heavy atom. The van der Waals surface area contributed by atoms with Crippen LogP contribution in [0.15, 0.2) is 24.3 Å². The highest BCUT2D eigenvalue weighted by Gasteiger charge is 2.16. The molecule has 0 aliphatic heterocycles. The van der Waals surface area contributed by atoms with Crippen LogP contribution in [-0.2, 0) is 16.0 Å². The average Bonchev–Trinajstić information content (AvgIpc) is 2.46. The van der Waals surface area contributed by atoms with Crippen LogP contribution in [0.1, 0.15) is 31.4 Å². The quantitative estimate of drug-likeness (QED) is 0.773. The summed E-state index contributed by atoms with van der Waals surface area (Å²) in [6.45, 7) is 7.46. The Morgan fingerprint density at radius 3 is 2.33 bits per heavy atom. The summed E-state index contributed by atoms with van der Waals surface area (Å²) in [7, 11) is 1.69. The van der Waals surface area contributed by atoms with Crippen molar-refractivity contribution < 1.29 is 9.59 Å². The molecule has 2 amide bonds. The van der Waals surface area contributed by atoms with Crippen LogP contribution in [0.5, 0.6) is 0 Å². The molecule has 4 heteroatoms. The molecule has 0 N–H and O–H groups in total. The maximum absolute atomic E-state index is 12.1. The highest BCUT2D eigenvalue weighted by molar-refractivity contribution is 5.84. The predicted molar refractivity (Wildman–Crippen MR) is 85.1 cm³/mol. The molecule has 0 aliphatic rings. The van der Waals surface area contributed by atoms with E-state index in [0.29, 0.717) is 25.9 Å². The summed E-state index contributed by atoms with van der Waals surface area (Å²) in [5.74, 6) is 0.0171. The molecular weight excluding hydrogens is 264 g/mol. The van der Waals surface area contributed by atoms with Gasteiger partial charge in [0.1, 0.15) is 0 Å². The van der Waals surface area contributed by atoms with E-state index in [1.165, 1.54) is 10.5 Å². The van der Waals surface area contributed by atoms with Crippen molar-refractivity contribution in [3.8, 4) is 0 Å². The van der Waals surface area contributed by atoms with Crippen molar-refractivity contribution >= 4 is 11.8 Å². The maximum Gasteiger partial charge on any atom is 0.242 e. The van der Waals surface area contributed by atoms with Gasteiger partial charge in [0.05, 0.1) is 6.54 Å². The van der Waals surface area contributed by atoms with E-state index in [9.17, 15) is 9.59 Å². The largest absolute Gasteiger partial charge is 0.342 e. The van der Waals surface area contributed by atoms with Crippen LogP contribution in [0.4, 0.5) is 0 Å². The summed E-state index contributed by atoms with van der Waals surface area (Å²) in [5, 5.41) is 0. The van der Waals surface area contributed by atoms with Gasteiger partial charge in [-0.2, -0.15) is 0 Å². The SMILES string of the molecule is CCN(CC)C(=O)CN(C)C(=O)CCc1cccc(C)c1. The summed E-state index contributed by atoms with van der Waals surface area (Å²) in [4.78, 5) is 27.3. The summed E-state index contributed by atoms with van der Waals surface area (Å²) in [6.07, 6.45) is 1.15. The number of carbonyl (C=O) groups is 2. The Kier molecular flexibility index (Phi) is 6.92. The molecule has 116 valence electrons. The minimum atomic E-state index is 0.00593. The standard InChI is InChI=1S/C17H26N2O2/c1-5-19(6-2)17(21)13-18(4)16(20)11-10-15-9-7-8-14(3)12-15/h7-9,12H,5-6,10-11,13H2,1-4H3. The molecule has 0 heterocycles. The lowest BCUT2D eigenvalue weighted by molar-refractivity contribution is -0.139. The number of amides is 2. The van der Waals surface area contributed by atoms with Crippen LogP contribution in [0.3, 0.4) is 0 Å². The second kappa shape index (κ2) is 8.45. The monoisotopic (exact) mass is 290 g/mol. The molecule has 0 bridgehead atoms. The highest BCUT2D eigenvalue weighted by Crippen LogP contribution is 2.07. The van der Waals surface area contributed by atoms with Gasteiger partial charge in [0.25, 0.3) is 0 Å². The molecular formula is C17H26N2O2. The van der Waals surface area contributed by atoms with E-state index in [2.05, 4.69) is 6.07 Å². The molecule has 21 heavy (non-hydrogen) atoms. The van der Waals surface area contributed by atoms with Gasteiger partial charge in [-0.25, -0.2) is 0 Å². The molecule has 1 rings (SSSR count). The highest BCUT2D eigenvalue weighted by atomic mass is 16.2. The molecule has 0 atom stereocenters. The number of benzene rings is 1. The Morgan fingerprint density at radius 1 is 1.10 bits per heavy atom. The topological polar surface area (TPSA) is 40.6 Å². The minimum absolute atomic E-state index is 0.00593. The maximum atomic E-state index is 12.1. The first-order chi connectivity index (χ1) is 9.97. The van der Waals surface area contributed by atoms with Crippen LogP contribution in [0, 0.1) is 6.92 Å². The Bertz CT molecular complexity index is 481. The zero-order valence-electron chi connectivity index (χ0n) is 13.6. The van der Waals surface area contributed by atoms with Gasteiger partial charge < -0.3 is 9.80 Å². The third-order valence-electron chi connectivity index (χ3n) is 3.62. The van der Waals surface area contributed by atoms with E-state index in [-0.39, 0.29) is 18.4 Å². The lowest BCUT2D eigenvalue weighted by Gasteiger charge is -2.23. The number of carbonyl (C=O) groups excluding carboxylic acids is 2. The molecule has 4 nitrogen and oxygen atoms in total. The summed E-state index contributed by atoms with van der Waals surface area (Å²) in [5.41, 5.74) is 2.36. The first-order valence-corrected chi connectivity index (χ1v) is 7.55. The van der Waals surface area contributed by atoms with Gasteiger partial charge in [0.2, 0.25) is 11.8 Å². The van der Waals surface area contributed by atoms with Crippen molar-refractivity contribution in [2.45, 2.75) is 33.6 Å². The third kappa shape index (κ3) is 5.58. The number of aryl methyl sites for hydroxylation is 2. The number of rotatable bonds is 7. The van der Waals surface area contributed by atoms with Crippen molar-refractivity contribution in [3.63, 3.8) is 0 Å². The van der Waals surface area contributed by atoms with Crippen LogP contribution < -0.4 is 0 Å². The number of hydrogen-bond donors (Lipinski definition) is 0. The number of likely N-dealkylation sites (N-methyl/N-ethyl adjacent to an activating group) is 2. The summed E-state index contributed by atoms with van der Waals surface area (Å²) < 4.78 is 0. The van der Waals surface area contributed by atoms with E-state index >= 15 is 0 Å². The zero-order valence-corrected chi connectivity index (χ0v) is 13.6. The molecule has 0 aliphatic carbocycles. The van der Waals surface area contributed by atoms with Gasteiger partial charge in [-0.15, -0.1) is 0 Å². The first kappa shape index (κ1) is 17.2. The molecule has 0 fully saturated rings. The van der Waals surface area contributed by atoms with Crippen molar-refractivity contribution in [2.75, 3.05) is 26.7 Å². The van der Waals surface area contributed by atoms with Crippen molar-refractivity contribution in [3.05, 3.63) is 35.4 Å². The summed E-state index contributed by atoms with van der Waals surface area (Å²) in [6, 6.07) is 8.17. The predicted octanol–water partition coefficient (Wildman–Crippen LogP) is 2.25. The van der Waals surface area contributed by atoms with Gasteiger partial charge in [-0.05, 0) is 32.8 Å². The average molecular weight is 290 g/mol. The van der Waals surface area contributed by atoms with Crippen molar-refractivity contribution in [2.24, 2.45) is 0 Å². The molecule has 0 aromatic heterocycles. The molecule has 0 radical (unpaired) electrons. The molecule has 0 unspecified atom stereocenters. The molecule has 0 saturated heterocycles. The lowest BCUT2D eigenvalue weighted by atomic mass is 10.1. The fraction of sp³-hybridized carbons (Fsp3) is 0.529. The smallest absolute Gasteiger partial charge is 0.242 e. The Balaban J connectivity index is 2.46. The second-order valence-electron chi connectivity index (χ2n) is 5.30. The van der Waals surface area contributed by atoms with Crippen LogP contribution in [-0.4, -0.2) is 48.3 Å². The van der Waals surface area contributed by atoms with Gasteiger partial charge in [0.15, 0.2) is 0 Å². The van der Waals surface area contributed by atoms with E-state index in [0.717, 1.165) is 5.56 Å². The van der Waals surface area contributed by atoms with Crippen LogP contribution in [0.2, 0.25) is 0 Å². The Labute approximate surface area is 127 Å². The normalized spacial score (nSPS) is 10.3. The molecule has 1 aromatic rings. The second-order valence-corrected chi connectivity index (χ2v) is 5.30. The van der Waals surface area contributed by atoms with Gasteiger partial charge in [0, 0.05) is 26.6 Å². The fourth-order valence-electron chi connectivity index (χ4n) is 2.28. The number of nitrogens with zero attached hydrogens (tertiary/aromatic N) is 2. The first-order valence-electron chi connectivity index (χ1n) is 7.55. The third-order valence-corrected chi connectivity index (χ3v) is 3.62. The number of hydrogen-bond acceptors (Lipinski definition) is 2.